The van der Waals surface area contributed by atoms with Crippen molar-refractivity contribution >= 4 is 17.2 Å². The molecule has 0 saturated carbocycles. The fourth-order valence-corrected chi connectivity index (χ4v) is 1.27. The van der Waals surface area contributed by atoms with E-state index in [9.17, 15) is 4.39 Å². The van der Waals surface area contributed by atoms with Gasteiger partial charge >= 0.3 is 0 Å². The van der Waals surface area contributed by atoms with Crippen LogP contribution in [0.5, 0.6) is 0 Å². The second-order valence-electron chi connectivity index (χ2n) is 3.20. The summed E-state index contributed by atoms with van der Waals surface area (Å²) >= 11 is 0. The van der Waals surface area contributed by atoms with E-state index < -0.39 is 5.82 Å². The van der Waals surface area contributed by atoms with Crippen LogP contribution in [-0.4, -0.2) is 9.78 Å². The summed E-state index contributed by atoms with van der Waals surface area (Å²) in [5.74, 6) is 0.200. The van der Waals surface area contributed by atoms with Gasteiger partial charge < -0.3 is 11.1 Å². The molecular formula is C10H11FN4. The number of hydrogen-bond acceptors (Lipinski definition) is 3. The van der Waals surface area contributed by atoms with E-state index in [0.29, 0.717) is 11.5 Å². The fourth-order valence-electron chi connectivity index (χ4n) is 1.27. The third-order valence-electron chi connectivity index (χ3n) is 2.03. The summed E-state index contributed by atoms with van der Waals surface area (Å²) in [6.07, 6.45) is 1.79. The molecule has 15 heavy (non-hydrogen) atoms. The Labute approximate surface area is 86.5 Å². The Kier molecular flexibility index (Phi) is 2.29. The molecule has 0 aliphatic carbocycles. The molecule has 1 aromatic carbocycles. The highest BCUT2D eigenvalue weighted by Crippen LogP contribution is 2.23. The van der Waals surface area contributed by atoms with Gasteiger partial charge in [0.25, 0.3) is 0 Å². The standard InChI is InChI=1S/C10H11FN4/c1-15-6-5-9(14-15)13-8-4-2-3-7(11)10(8)12/h2-6H,12H2,1H3,(H,13,14). The number of anilines is 3. The fraction of sp³-hybridized carbons (Fsp3) is 0.100. The lowest BCUT2D eigenvalue weighted by atomic mass is 10.2. The predicted octanol–water partition coefficient (Wildman–Crippen LogP) is 1.88. The number of para-hydroxylation sites is 1. The Morgan fingerprint density at radius 1 is 1.40 bits per heavy atom. The summed E-state index contributed by atoms with van der Waals surface area (Å²) in [4.78, 5) is 0. The molecule has 0 amide bonds. The van der Waals surface area contributed by atoms with Gasteiger partial charge in [-0.2, -0.15) is 5.10 Å². The summed E-state index contributed by atoms with van der Waals surface area (Å²) < 4.78 is 14.7. The van der Waals surface area contributed by atoms with Gasteiger partial charge in [0.15, 0.2) is 5.82 Å². The van der Waals surface area contributed by atoms with Gasteiger partial charge in [0.2, 0.25) is 0 Å². The second kappa shape index (κ2) is 3.61. The van der Waals surface area contributed by atoms with Gasteiger partial charge in [-0.3, -0.25) is 4.68 Å². The van der Waals surface area contributed by atoms with Crippen LogP contribution in [-0.2, 0) is 7.05 Å². The largest absolute Gasteiger partial charge is 0.395 e. The van der Waals surface area contributed by atoms with E-state index in [1.54, 1.807) is 36.1 Å². The van der Waals surface area contributed by atoms with Crippen molar-refractivity contribution in [3.05, 3.63) is 36.3 Å². The number of halogens is 1. The van der Waals surface area contributed by atoms with Crippen molar-refractivity contribution in [3.63, 3.8) is 0 Å². The number of aromatic nitrogens is 2. The van der Waals surface area contributed by atoms with E-state index >= 15 is 0 Å². The maximum atomic E-state index is 13.1. The predicted molar refractivity (Wildman–Crippen MR) is 57.3 cm³/mol. The zero-order valence-electron chi connectivity index (χ0n) is 8.24. The van der Waals surface area contributed by atoms with Crippen LogP contribution in [0.3, 0.4) is 0 Å². The van der Waals surface area contributed by atoms with Crippen molar-refractivity contribution in [1.82, 2.24) is 9.78 Å². The average molecular weight is 206 g/mol. The lowest BCUT2D eigenvalue weighted by Crippen LogP contribution is -1.99. The van der Waals surface area contributed by atoms with Gasteiger partial charge in [0.1, 0.15) is 5.82 Å². The first-order chi connectivity index (χ1) is 7.16. The number of aryl methyl sites for hydroxylation is 1. The number of nitrogens with two attached hydrogens (primary N) is 1. The highest BCUT2D eigenvalue weighted by molar-refractivity contribution is 5.71. The Hall–Kier alpha value is -2.04. The van der Waals surface area contributed by atoms with Crippen molar-refractivity contribution in [1.29, 1.82) is 0 Å². The number of nitrogens with zero attached hydrogens (tertiary/aromatic N) is 2. The van der Waals surface area contributed by atoms with Crippen molar-refractivity contribution in [2.45, 2.75) is 0 Å². The van der Waals surface area contributed by atoms with E-state index in [4.69, 9.17) is 5.73 Å². The lowest BCUT2D eigenvalue weighted by Gasteiger charge is -2.06. The number of rotatable bonds is 2. The van der Waals surface area contributed by atoms with E-state index in [2.05, 4.69) is 10.4 Å². The van der Waals surface area contributed by atoms with Crippen LogP contribution in [0.1, 0.15) is 0 Å². The molecule has 4 nitrogen and oxygen atoms in total. The first kappa shape index (κ1) is 9.51. The van der Waals surface area contributed by atoms with Crippen molar-refractivity contribution in [3.8, 4) is 0 Å². The molecular weight excluding hydrogens is 195 g/mol. The molecule has 3 N–H and O–H groups in total. The number of benzene rings is 1. The van der Waals surface area contributed by atoms with Crippen LogP contribution in [0.2, 0.25) is 0 Å². The van der Waals surface area contributed by atoms with E-state index in [0.717, 1.165) is 0 Å². The highest BCUT2D eigenvalue weighted by Gasteiger charge is 2.05. The van der Waals surface area contributed by atoms with Crippen LogP contribution in [0.15, 0.2) is 30.5 Å². The van der Waals surface area contributed by atoms with Gasteiger partial charge in [0.05, 0.1) is 11.4 Å². The smallest absolute Gasteiger partial charge is 0.152 e. The summed E-state index contributed by atoms with van der Waals surface area (Å²) in [5.41, 5.74) is 6.19. The first-order valence-corrected chi connectivity index (χ1v) is 4.47. The van der Waals surface area contributed by atoms with E-state index in [1.165, 1.54) is 6.07 Å². The molecule has 78 valence electrons. The van der Waals surface area contributed by atoms with Crippen LogP contribution in [0, 0.1) is 5.82 Å². The van der Waals surface area contributed by atoms with Crippen LogP contribution >= 0.6 is 0 Å². The summed E-state index contributed by atoms with van der Waals surface area (Å²) in [6, 6.07) is 6.40. The molecule has 2 rings (SSSR count). The Bertz CT molecular complexity index is 478. The minimum Gasteiger partial charge on any atom is -0.395 e. The SMILES string of the molecule is Cn1ccc(Nc2cccc(F)c2N)n1. The van der Waals surface area contributed by atoms with E-state index in [1.807, 2.05) is 0 Å². The molecule has 0 radical (unpaired) electrons. The maximum absolute atomic E-state index is 13.1. The van der Waals surface area contributed by atoms with E-state index in [-0.39, 0.29) is 5.69 Å². The monoisotopic (exact) mass is 206 g/mol. The molecule has 0 spiro atoms. The Balaban J connectivity index is 2.28. The second-order valence-corrected chi connectivity index (χ2v) is 3.20. The lowest BCUT2D eigenvalue weighted by molar-refractivity contribution is 0.633. The maximum Gasteiger partial charge on any atom is 0.152 e. The summed E-state index contributed by atoms with van der Waals surface area (Å²) in [7, 11) is 1.81. The molecule has 0 aliphatic heterocycles. The zero-order valence-corrected chi connectivity index (χ0v) is 8.24. The molecule has 1 heterocycles. The zero-order chi connectivity index (χ0) is 10.8. The molecule has 5 heteroatoms. The Morgan fingerprint density at radius 3 is 2.87 bits per heavy atom. The average Bonchev–Trinajstić information content (AvgIpc) is 2.59. The minimum atomic E-state index is -0.434. The van der Waals surface area contributed by atoms with Gasteiger partial charge in [-0.1, -0.05) is 6.07 Å². The molecule has 0 aliphatic rings. The normalized spacial score (nSPS) is 10.3. The summed E-state index contributed by atoms with van der Waals surface area (Å²) in [6.45, 7) is 0. The third kappa shape index (κ3) is 1.90. The van der Waals surface area contributed by atoms with Crippen molar-refractivity contribution < 1.29 is 4.39 Å². The minimum absolute atomic E-state index is 0.100. The number of nitrogen functional groups attached to an aromatic ring is 1. The first-order valence-electron chi connectivity index (χ1n) is 4.47. The number of hydrogen-bond donors (Lipinski definition) is 2. The van der Waals surface area contributed by atoms with Gasteiger partial charge in [-0.05, 0) is 12.1 Å². The molecule has 2 aromatic rings. The van der Waals surface area contributed by atoms with Gasteiger partial charge in [-0.15, -0.1) is 0 Å². The van der Waals surface area contributed by atoms with Crippen LogP contribution < -0.4 is 11.1 Å². The van der Waals surface area contributed by atoms with Gasteiger partial charge in [0, 0.05) is 19.3 Å². The van der Waals surface area contributed by atoms with Crippen LogP contribution in [0.4, 0.5) is 21.6 Å². The summed E-state index contributed by atoms with van der Waals surface area (Å²) in [5, 5.41) is 7.04. The molecule has 0 unspecified atom stereocenters. The molecule has 1 aromatic heterocycles. The molecule has 0 fully saturated rings. The molecule has 0 atom stereocenters. The highest BCUT2D eigenvalue weighted by atomic mass is 19.1. The molecule has 0 saturated heterocycles. The van der Waals surface area contributed by atoms with Gasteiger partial charge in [-0.25, -0.2) is 4.39 Å². The third-order valence-corrected chi connectivity index (χ3v) is 2.03. The molecule has 0 bridgehead atoms. The number of nitrogens with one attached hydrogen (secondary N) is 1. The van der Waals surface area contributed by atoms with Crippen molar-refractivity contribution in [2.75, 3.05) is 11.1 Å². The Morgan fingerprint density at radius 2 is 2.20 bits per heavy atom. The van der Waals surface area contributed by atoms with Crippen molar-refractivity contribution in [2.24, 2.45) is 7.05 Å². The topological polar surface area (TPSA) is 55.9 Å². The van der Waals surface area contributed by atoms with Crippen LogP contribution in [0.25, 0.3) is 0 Å². The quantitative estimate of drug-likeness (QED) is 0.738.